The lowest BCUT2D eigenvalue weighted by molar-refractivity contribution is -0.277. The average Bonchev–Trinajstić information content (AvgIpc) is 2.83. The van der Waals surface area contributed by atoms with E-state index in [9.17, 15) is 15.3 Å². The monoisotopic (exact) mass is 470 g/mol. The van der Waals surface area contributed by atoms with Crippen LogP contribution in [0.3, 0.4) is 0 Å². The Hall–Kier alpha value is -0.540. The van der Waals surface area contributed by atoms with E-state index in [4.69, 9.17) is 18.9 Å². The number of rotatable bonds is 3. The number of aliphatic hydroxyl groups is 3. The van der Waals surface area contributed by atoms with E-state index in [0.717, 1.165) is 18.4 Å². The van der Waals surface area contributed by atoms with Crippen LogP contribution in [0, 0.1) is 17.8 Å². The molecule has 7 nitrogen and oxygen atoms in total. The van der Waals surface area contributed by atoms with Crippen LogP contribution in [0.25, 0.3) is 0 Å². The van der Waals surface area contributed by atoms with Crippen LogP contribution in [-0.2, 0) is 18.9 Å². The first-order valence-electron chi connectivity index (χ1n) is 12.8. The van der Waals surface area contributed by atoms with Gasteiger partial charge in [-0.1, -0.05) is 39.8 Å². The minimum absolute atomic E-state index is 0.0165. The van der Waals surface area contributed by atoms with Gasteiger partial charge in [0, 0.05) is 11.8 Å². The molecule has 3 saturated heterocycles. The topological polar surface area (TPSA) is 97.6 Å². The van der Waals surface area contributed by atoms with E-state index in [-0.39, 0.29) is 30.0 Å². The molecule has 0 amide bonds. The van der Waals surface area contributed by atoms with Gasteiger partial charge in [0.2, 0.25) is 0 Å². The molecule has 3 heterocycles. The van der Waals surface area contributed by atoms with Gasteiger partial charge in [0.1, 0.15) is 11.7 Å². The highest BCUT2D eigenvalue weighted by Crippen LogP contribution is 2.41. The van der Waals surface area contributed by atoms with Gasteiger partial charge in [-0.2, -0.15) is 0 Å². The molecule has 3 N–H and O–H groups in total. The minimum atomic E-state index is -1.34. The van der Waals surface area contributed by atoms with Gasteiger partial charge < -0.3 is 34.3 Å². The van der Waals surface area contributed by atoms with E-state index in [1.54, 1.807) is 6.92 Å². The zero-order valence-corrected chi connectivity index (χ0v) is 21.3. The second kappa shape index (κ2) is 11.0. The van der Waals surface area contributed by atoms with Gasteiger partial charge in [0.05, 0.1) is 30.5 Å². The van der Waals surface area contributed by atoms with Crippen LogP contribution in [0.1, 0.15) is 80.1 Å². The van der Waals surface area contributed by atoms with E-state index >= 15 is 0 Å². The van der Waals surface area contributed by atoms with E-state index in [1.165, 1.54) is 0 Å². The second-order valence-electron chi connectivity index (χ2n) is 10.9. The number of ether oxygens (including phenoxy) is 4. The average molecular weight is 471 g/mol. The first kappa shape index (κ1) is 27.1. The maximum absolute atomic E-state index is 11.7. The van der Waals surface area contributed by atoms with Crippen molar-refractivity contribution < 1.29 is 34.3 Å². The molecule has 7 unspecified atom stereocenters. The van der Waals surface area contributed by atoms with Crippen molar-refractivity contribution in [3.05, 3.63) is 12.2 Å². The summed E-state index contributed by atoms with van der Waals surface area (Å²) in [6.45, 7) is 16.2. The number of aliphatic hydroxyl groups excluding tert-OH is 2. The van der Waals surface area contributed by atoms with Crippen molar-refractivity contribution in [1.82, 2.24) is 0 Å². The fourth-order valence-corrected chi connectivity index (χ4v) is 5.67. The summed E-state index contributed by atoms with van der Waals surface area (Å²) in [5.74, 6) is -0.122. The molecule has 33 heavy (non-hydrogen) atoms. The molecule has 0 aliphatic carbocycles. The van der Waals surface area contributed by atoms with Crippen LogP contribution in [0.5, 0.6) is 0 Å². The Labute approximate surface area is 199 Å². The molecule has 3 fully saturated rings. The molecular weight excluding hydrogens is 424 g/mol. The summed E-state index contributed by atoms with van der Waals surface area (Å²) in [6, 6.07) is 0. The van der Waals surface area contributed by atoms with Gasteiger partial charge >= 0.3 is 0 Å². The van der Waals surface area contributed by atoms with Crippen LogP contribution in [0.15, 0.2) is 12.2 Å². The number of hydrogen-bond donors (Lipinski definition) is 3. The summed E-state index contributed by atoms with van der Waals surface area (Å²) in [5, 5.41) is 33.1. The van der Waals surface area contributed by atoms with Gasteiger partial charge in [0.15, 0.2) is 12.6 Å². The largest absolute Gasteiger partial charge is 0.388 e. The first-order valence-corrected chi connectivity index (χ1v) is 12.8. The van der Waals surface area contributed by atoms with E-state index < -0.39 is 42.6 Å². The van der Waals surface area contributed by atoms with Crippen molar-refractivity contribution in [2.45, 2.75) is 135 Å². The fourth-order valence-electron chi connectivity index (χ4n) is 5.67. The Morgan fingerprint density at radius 1 is 1.03 bits per heavy atom. The summed E-state index contributed by atoms with van der Waals surface area (Å²) in [5.41, 5.74) is -0.311. The maximum Gasteiger partial charge on any atom is 0.184 e. The van der Waals surface area contributed by atoms with Crippen molar-refractivity contribution in [2.75, 3.05) is 0 Å². The molecule has 12 atom stereocenters. The molecule has 0 aromatic rings. The van der Waals surface area contributed by atoms with Crippen molar-refractivity contribution in [2.24, 2.45) is 17.8 Å². The highest BCUT2D eigenvalue weighted by Gasteiger charge is 2.49. The molecule has 0 aromatic heterocycles. The summed E-state index contributed by atoms with van der Waals surface area (Å²) < 4.78 is 25.1. The van der Waals surface area contributed by atoms with Gasteiger partial charge in [-0.25, -0.2) is 0 Å². The van der Waals surface area contributed by atoms with Crippen LogP contribution in [0.4, 0.5) is 0 Å². The highest BCUT2D eigenvalue weighted by molar-refractivity contribution is 5.11. The predicted octanol–water partition coefficient (Wildman–Crippen LogP) is 3.54. The van der Waals surface area contributed by atoms with Crippen LogP contribution >= 0.6 is 0 Å². The summed E-state index contributed by atoms with van der Waals surface area (Å²) >= 11 is 0. The first-order chi connectivity index (χ1) is 15.4. The Morgan fingerprint density at radius 3 is 2.39 bits per heavy atom. The Balaban J connectivity index is 1.99. The van der Waals surface area contributed by atoms with Crippen molar-refractivity contribution in [1.29, 1.82) is 0 Å². The number of hydrogen-bond acceptors (Lipinski definition) is 7. The third-order valence-corrected chi connectivity index (χ3v) is 8.14. The molecule has 3 aliphatic heterocycles. The number of fused-ring (bicyclic) bond motifs is 2. The minimum Gasteiger partial charge on any atom is -0.388 e. The summed E-state index contributed by atoms with van der Waals surface area (Å²) in [7, 11) is 0. The lowest BCUT2D eigenvalue weighted by Crippen LogP contribution is -2.56. The predicted molar refractivity (Wildman–Crippen MR) is 125 cm³/mol. The quantitative estimate of drug-likeness (QED) is 0.543. The van der Waals surface area contributed by atoms with E-state index in [2.05, 4.69) is 20.4 Å². The van der Waals surface area contributed by atoms with Crippen LogP contribution in [0.2, 0.25) is 0 Å². The summed E-state index contributed by atoms with van der Waals surface area (Å²) in [4.78, 5) is 0. The smallest absolute Gasteiger partial charge is 0.184 e. The second-order valence-corrected chi connectivity index (χ2v) is 10.9. The van der Waals surface area contributed by atoms with Gasteiger partial charge in [0.25, 0.3) is 0 Å². The SMILES string of the molecule is C=C1[C@@H](C)CCC(OC2OC(C)CC[C@@H]2O)[C@H]2CC(C)C(O)O[C@@H](CC)C(C)(O)C(O2)[C@H]1C. The Kier molecular flexibility index (Phi) is 9.04. The highest BCUT2D eigenvalue weighted by atomic mass is 16.7. The molecule has 0 saturated carbocycles. The molecule has 192 valence electrons. The summed E-state index contributed by atoms with van der Waals surface area (Å²) in [6.07, 6.45) is -0.328. The molecule has 3 aliphatic rings. The Morgan fingerprint density at radius 2 is 1.73 bits per heavy atom. The van der Waals surface area contributed by atoms with Gasteiger partial charge in [-0.05, 0) is 58.3 Å². The fraction of sp³-hybridized carbons (Fsp3) is 0.923. The normalized spacial score (nSPS) is 50.3. The van der Waals surface area contributed by atoms with E-state index in [1.807, 2.05) is 20.8 Å². The molecule has 0 spiro atoms. The molecular formula is C26H46O7. The van der Waals surface area contributed by atoms with Gasteiger partial charge in [-0.3, -0.25) is 0 Å². The van der Waals surface area contributed by atoms with Crippen molar-refractivity contribution in [3.8, 4) is 0 Å². The standard InChI is InChI=1S/C26H46O7/c1-8-22-26(7,29)23-18(6)17(5)14(2)9-12-20(21(31-23)13-15(3)24(28)33-22)32-25-19(27)11-10-16(4)30-25/h14-16,18-25,27-29H,5,8-13H2,1-4,6-7H3/t14-,15?,16?,18-,19-,20?,21+,22-,23?,24?,25?,26?/m0/s1. The zero-order valence-electron chi connectivity index (χ0n) is 21.3. The van der Waals surface area contributed by atoms with Crippen LogP contribution in [-0.4, -0.2) is 70.1 Å². The lowest BCUT2D eigenvalue weighted by atomic mass is 9.77. The van der Waals surface area contributed by atoms with Gasteiger partial charge in [-0.15, -0.1) is 0 Å². The van der Waals surface area contributed by atoms with Crippen LogP contribution < -0.4 is 0 Å². The zero-order chi connectivity index (χ0) is 24.5. The molecule has 0 aromatic carbocycles. The van der Waals surface area contributed by atoms with E-state index in [0.29, 0.717) is 25.7 Å². The molecule has 7 heteroatoms. The third kappa shape index (κ3) is 6.00. The van der Waals surface area contributed by atoms with Crippen molar-refractivity contribution >= 4 is 0 Å². The lowest BCUT2D eigenvalue weighted by Gasteiger charge is -2.44. The molecule has 2 bridgehead atoms. The molecule has 0 radical (unpaired) electrons. The third-order valence-electron chi connectivity index (χ3n) is 8.14. The Bertz CT molecular complexity index is 653. The maximum atomic E-state index is 11.7. The van der Waals surface area contributed by atoms with Crippen molar-refractivity contribution in [3.63, 3.8) is 0 Å². The molecule has 3 rings (SSSR count).